The van der Waals surface area contributed by atoms with Crippen LogP contribution in [-0.4, -0.2) is 34.9 Å². The molecule has 1 aliphatic heterocycles. The molecule has 2 aliphatic rings. The average Bonchev–Trinajstić information content (AvgIpc) is 3.20. The number of halogens is 1. The molecule has 6 nitrogen and oxygen atoms in total. The van der Waals surface area contributed by atoms with Gasteiger partial charge in [0.1, 0.15) is 11.9 Å². The van der Waals surface area contributed by atoms with Crippen molar-refractivity contribution in [1.82, 2.24) is 9.88 Å². The summed E-state index contributed by atoms with van der Waals surface area (Å²) in [4.78, 5) is 36.9. The molecule has 2 heterocycles. The molecule has 152 valence electrons. The van der Waals surface area contributed by atoms with Crippen molar-refractivity contribution in [1.29, 1.82) is 0 Å². The maximum atomic E-state index is 13.2. The van der Waals surface area contributed by atoms with Crippen LogP contribution in [0, 0.1) is 12.7 Å². The Morgan fingerprint density at radius 3 is 2.69 bits per heavy atom. The number of carbonyl (C=O) groups is 3. The lowest BCUT2D eigenvalue weighted by Gasteiger charge is -2.16. The van der Waals surface area contributed by atoms with Crippen molar-refractivity contribution in [2.45, 2.75) is 51.6 Å². The molecule has 29 heavy (non-hydrogen) atoms. The number of ketones is 1. The number of benzene rings is 1. The van der Waals surface area contributed by atoms with E-state index in [2.05, 4.69) is 9.88 Å². The average molecular weight is 398 g/mol. The smallest absolute Gasteiger partial charge is 0.328 e. The molecule has 1 N–H and O–H groups in total. The van der Waals surface area contributed by atoms with Crippen molar-refractivity contribution >= 4 is 17.7 Å². The molecule has 1 saturated heterocycles. The van der Waals surface area contributed by atoms with Crippen LogP contribution in [0.15, 0.2) is 24.3 Å². The SMILES string of the molecule is Cc1c(CC(=O)N[C@@H]2CCOC2=O)c2c(n1Cc1ccc(F)cc1)CCCC2=O. The van der Waals surface area contributed by atoms with Gasteiger partial charge >= 0.3 is 5.97 Å². The number of nitrogens with zero attached hydrogens (tertiary/aromatic N) is 1. The van der Waals surface area contributed by atoms with Crippen molar-refractivity contribution in [2.75, 3.05) is 6.61 Å². The molecule has 4 rings (SSSR count). The lowest BCUT2D eigenvalue weighted by atomic mass is 9.92. The molecule has 0 bridgehead atoms. The minimum absolute atomic E-state index is 0.0418. The highest BCUT2D eigenvalue weighted by atomic mass is 19.1. The largest absolute Gasteiger partial charge is 0.464 e. The fraction of sp³-hybridized carbons (Fsp3) is 0.409. The number of cyclic esters (lactones) is 1. The van der Waals surface area contributed by atoms with Crippen LogP contribution < -0.4 is 5.32 Å². The summed E-state index contributed by atoms with van der Waals surface area (Å²) < 4.78 is 20.2. The van der Waals surface area contributed by atoms with Crippen molar-refractivity contribution in [2.24, 2.45) is 0 Å². The zero-order valence-electron chi connectivity index (χ0n) is 16.3. The van der Waals surface area contributed by atoms with Gasteiger partial charge in [-0.2, -0.15) is 0 Å². The first-order valence-electron chi connectivity index (χ1n) is 9.88. The van der Waals surface area contributed by atoms with Gasteiger partial charge in [0.25, 0.3) is 0 Å². The summed E-state index contributed by atoms with van der Waals surface area (Å²) in [6.45, 7) is 2.73. The second-order valence-electron chi connectivity index (χ2n) is 7.63. The van der Waals surface area contributed by atoms with Gasteiger partial charge < -0.3 is 14.6 Å². The molecule has 0 unspecified atom stereocenters. The number of hydrogen-bond acceptors (Lipinski definition) is 4. The van der Waals surface area contributed by atoms with Crippen molar-refractivity contribution in [3.05, 3.63) is 58.2 Å². The first-order chi connectivity index (χ1) is 13.9. The van der Waals surface area contributed by atoms with Crippen molar-refractivity contribution in [3.8, 4) is 0 Å². The van der Waals surface area contributed by atoms with E-state index in [1.165, 1.54) is 12.1 Å². The van der Waals surface area contributed by atoms with E-state index >= 15 is 0 Å². The van der Waals surface area contributed by atoms with Crippen LogP contribution in [0.2, 0.25) is 0 Å². The van der Waals surface area contributed by atoms with Crippen molar-refractivity contribution in [3.63, 3.8) is 0 Å². The normalized spacial score (nSPS) is 18.5. The van der Waals surface area contributed by atoms with E-state index in [1.54, 1.807) is 12.1 Å². The number of Topliss-reactive ketones (excluding diaryl/α,β-unsaturated/α-hetero) is 1. The Labute approximate surface area is 168 Å². The van der Waals surface area contributed by atoms with Gasteiger partial charge in [0.15, 0.2) is 5.78 Å². The summed E-state index contributed by atoms with van der Waals surface area (Å²) in [5.74, 6) is -0.952. The monoisotopic (exact) mass is 398 g/mol. The van der Waals surface area contributed by atoms with E-state index in [0.717, 1.165) is 35.4 Å². The number of aromatic nitrogens is 1. The topological polar surface area (TPSA) is 77.4 Å². The van der Waals surface area contributed by atoms with E-state index in [0.29, 0.717) is 31.6 Å². The van der Waals surface area contributed by atoms with E-state index in [1.807, 2.05) is 6.92 Å². The Morgan fingerprint density at radius 1 is 1.24 bits per heavy atom. The van der Waals surface area contributed by atoms with Crippen LogP contribution in [-0.2, 0) is 33.7 Å². The maximum Gasteiger partial charge on any atom is 0.328 e. The number of fused-ring (bicyclic) bond motifs is 1. The first kappa shape index (κ1) is 19.4. The number of ether oxygens (including phenoxy) is 1. The fourth-order valence-electron chi connectivity index (χ4n) is 4.22. The molecular formula is C22H23FN2O4. The lowest BCUT2D eigenvalue weighted by molar-refractivity contribution is -0.141. The number of amides is 1. The second-order valence-corrected chi connectivity index (χ2v) is 7.63. The summed E-state index contributed by atoms with van der Waals surface area (Å²) in [7, 11) is 0. The third-order valence-electron chi connectivity index (χ3n) is 5.72. The highest BCUT2D eigenvalue weighted by Crippen LogP contribution is 2.31. The van der Waals surface area contributed by atoms with Gasteiger partial charge in [-0.3, -0.25) is 9.59 Å². The molecular weight excluding hydrogens is 375 g/mol. The third kappa shape index (κ3) is 3.81. The van der Waals surface area contributed by atoms with Crippen LogP contribution >= 0.6 is 0 Å². The van der Waals surface area contributed by atoms with E-state index < -0.39 is 12.0 Å². The van der Waals surface area contributed by atoms with Gasteiger partial charge in [-0.05, 0) is 43.0 Å². The van der Waals surface area contributed by atoms with E-state index in [-0.39, 0.29) is 23.9 Å². The van der Waals surface area contributed by atoms with Crippen LogP contribution in [0.3, 0.4) is 0 Å². The number of esters is 1. The number of rotatable bonds is 5. The van der Waals surface area contributed by atoms with E-state index in [9.17, 15) is 18.8 Å². The fourth-order valence-corrected chi connectivity index (χ4v) is 4.22. The lowest BCUT2D eigenvalue weighted by Crippen LogP contribution is -2.39. The van der Waals surface area contributed by atoms with Gasteiger partial charge in [-0.15, -0.1) is 0 Å². The zero-order chi connectivity index (χ0) is 20.5. The number of carbonyl (C=O) groups excluding carboxylic acids is 3. The molecule has 1 aromatic heterocycles. The summed E-state index contributed by atoms with van der Waals surface area (Å²) in [5.41, 5.74) is 4.08. The zero-order valence-corrected chi connectivity index (χ0v) is 16.3. The maximum absolute atomic E-state index is 13.2. The van der Waals surface area contributed by atoms with E-state index in [4.69, 9.17) is 4.74 Å². The summed E-state index contributed by atoms with van der Waals surface area (Å²) in [6, 6.07) is 5.67. The van der Waals surface area contributed by atoms with Crippen LogP contribution in [0.25, 0.3) is 0 Å². The highest BCUT2D eigenvalue weighted by Gasteiger charge is 2.31. The third-order valence-corrected chi connectivity index (χ3v) is 5.72. The summed E-state index contributed by atoms with van der Waals surface area (Å²) >= 11 is 0. The molecule has 1 aliphatic carbocycles. The molecule has 0 saturated carbocycles. The summed E-state index contributed by atoms with van der Waals surface area (Å²) in [5, 5.41) is 2.72. The van der Waals surface area contributed by atoms with Crippen LogP contribution in [0.5, 0.6) is 0 Å². The highest BCUT2D eigenvalue weighted by molar-refractivity contribution is 6.01. The quantitative estimate of drug-likeness (QED) is 0.785. The minimum Gasteiger partial charge on any atom is -0.464 e. The predicted molar refractivity (Wildman–Crippen MR) is 103 cm³/mol. The van der Waals surface area contributed by atoms with Gasteiger partial charge in [-0.25, -0.2) is 9.18 Å². The Kier molecular flexibility index (Phi) is 5.22. The van der Waals surface area contributed by atoms with Gasteiger partial charge in [0.05, 0.1) is 13.0 Å². The number of hydrogen-bond donors (Lipinski definition) is 1. The van der Waals surface area contributed by atoms with Gasteiger partial charge in [0, 0.05) is 36.3 Å². The molecule has 1 aromatic carbocycles. The Hall–Kier alpha value is -2.96. The standard InChI is InChI=1S/C22H23FN2O4/c1-13-16(11-20(27)24-17-9-10-29-22(17)28)21-18(3-2-4-19(21)26)25(13)12-14-5-7-15(23)8-6-14/h5-8,17H,2-4,9-12H2,1H3,(H,24,27)/t17-/m1/s1. The minimum atomic E-state index is -0.615. The Morgan fingerprint density at radius 2 is 2.00 bits per heavy atom. The molecule has 0 radical (unpaired) electrons. The van der Waals surface area contributed by atoms with Crippen LogP contribution in [0.4, 0.5) is 4.39 Å². The Bertz CT molecular complexity index is 978. The Balaban J connectivity index is 1.63. The summed E-state index contributed by atoms with van der Waals surface area (Å²) in [6.07, 6.45) is 2.51. The number of nitrogens with one attached hydrogen (secondary N) is 1. The molecule has 1 amide bonds. The van der Waals surface area contributed by atoms with Crippen LogP contribution in [0.1, 0.15) is 52.1 Å². The van der Waals surface area contributed by atoms with Crippen molar-refractivity contribution < 1.29 is 23.5 Å². The first-order valence-corrected chi connectivity index (χ1v) is 9.88. The molecule has 2 aromatic rings. The predicted octanol–water partition coefficient (Wildman–Crippen LogP) is 2.48. The van der Waals surface area contributed by atoms with Gasteiger partial charge in [0.2, 0.25) is 5.91 Å². The second kappa shape index (κ2) is 7.81. The van der Waals surface area contributed by atoms with Gasteiger partial charge in [-0.1, -0.05) is 12.1 Å². The molecule has 1 fully saturated rings. The molecule has 0 spiro atoms. The molecule has 1 atom stereocenters. The molecule has 7 heteroatoms.